The van der Waals surface area contributed by atoms with Gasteiger partial charge in [-0.3, -0.25) is 4.90 Å². The fraction of sp³-hybridized carbons (Fsp3) is 0.500. The average molecular weight is 458 g/mol. The summed E-state index contributed by atoms with van der Waals surface area (Å²) in [7, 11) is 3.09. The van der Waals surface area contributed by atoms with Gasteiger partial charge in [0.2, 0.25) is 0 Å². The molecule has 1 unspecified atom stereocenters. The van der Waals surface area contributed by atoms with Crippen molar-refractivity contribution in [1.82, 2.24) is 4.90 Å². The molecule has 0 amide bonds. The third kappa shape index (κ3) is 7.11. The van der Waals surface area contributed by atoms with Gasteiger partial charge >= 0.3 is 5.97 Å². The molecule has 1 aliphatic rings. The Kier molecular flexibility index (Phi) is 8.58. The van der Waals surface area contributed by atoms with Crippen LogP contribution in [0.1, 0.15) is 36.7 Å². The van der Waals surface area contributed by atoms with Crippen molar-refractivity contribution < 1.29 is 28.5 Å². The van der Waals surface area contributed by atoms with Gasteiger partial charge in [0, 0.05) is 19.6 Å². The molecular weight excluding hydrogens is 422 g/mol. The van der Waals surface area contributed by atoms with E-state index in [1.807, 2.05) is 12.1 Å². The summed E-state index contributed by atoms with van der Waals surface area (Å²) in [6.45, 7) is 10.3. The van der Waals surface area contributed by atoms with E-state index in [0.29, 0.717) is 36.8 Å². The van der Waals surface area contributed by atoms with Gasteiger partial charge in [-0.05, 0) is 41.3 Å². The number of morpholine rings is 1. The summed E-state index contributed by atoms with van der Waals surface area (Å²) in [5.74, 6) is 1.35. The Morgan fingerprint density at radius 1 is 1.00 bits per heavy atom. The second kappa shape index (κ2) is 11.4. The molecule has 7 heteroatoms. The van der Waals surface area contributed by atoms with E-state index in [1.165, 1.54) is 12.7 Å². The van der Waals surface area contributed by atoms with E-state index in [0.717, 1.165) is 18.8 Å². The average Bonchev–Trinajstić information content (AvgIpc) is 2.82. The van der Waals surface area contributed by atoms with Crippen LogP contribution < -0.4 is 14.2 Å². The number of carbonyl (C=O) groups excluding carboxylic acids is 1. The standard InChI is InChI=1S/C26H35NO6/c1-26(2,3)20-7-9-21(10-8-20)32-18-22(17-27-12-14-31-15-13-27)33-25(28)19-6-11-23(29-4)24(16-19)30-5/h6-11,16,22H,12-15,17-18H2,1-5H3. The highest BCUT2D eigenvalue weighted by molar-refractivity contribution is 5.90. The summed E-state index contributed by atoms with van der Waals surface area (Å²) in [5.41, 5.74) is 1.71. The van der Waals surface area contributed by atoms with Crippen LogP contribution in [0.15, 0.2) is 42.5 Å². The van der Waals surface area contributed by atoms with Crippen molar-refractivity contribution in [1.29, 1.82) is 0 Å². The van der Waals surface area contributed by atoms with Crippen LogP contribution in [0.5, 0.6) is 17.2 Å². The lowest BCUT2D eigenvalue weighted by molar-refractivity contribution is -0.0154. The molecular formula is C26H35NO6. The summed E-state index contributed by atoms with van der Waals surface area (Å²) in [6.07, 6.45) is -0.439. The van der Waals surface area contributed by atoms with Crippen LogP contribution in [-0.4, -0.2) is 70.6 Å². The monoisotopic (exact) mass is 457 g/mol. The van der Waals surface area contributed by atoms with Crippen molar-refractivity contribution in [3.8, 4) is 17.2 Å². The predicted molar refractivity (Wildman–Crippen MR) is 127 cm³/mol. The van der Waals surface area contributed by atoms with Gasteiger partial charge in [-0.2, -0.15) is 0 Å². The first kappa shape index (κ1) is 24.9. The maximum absolute atomic E-state index is 12.9. The molecule has 0 spiro atoms. The minimum atomic E-state index is -0.439. The van der Waals surface area contributed by atoms with Crippen LogP contribution in [0.25, 0.3) is 0 Å². The number of rotatable bonds is 9. The van der Waals surface area contributed by atoms with Gasteiger partial charge in [0.15, 0.2) is 11.5 Å². The number of esters is 1. The molecule has 7 nitrogen and oxygen atoms in total. The van der Waals surface area contributed by atoms with Gasteiger partial charge in [0.25, 0.3) is 0 Å². The van der Waals surface area contributed by atoms with Crippen LogP contribution in [0.3, 0.4) is 0 Å². The molecule has 2 aromatic rings. The predicted octanol–water partition coefficient (Wildman–Crippen LogP) is 3.94. The van der Waals surface area contributed by atoms with Crippen LogP contribution in [0, 0.1) is 0 Å². The summed E-state index contributed by atoms with van der Waals surface area (Å²) in [5, 5.41) is 0. The molecule has 0 bridgehead atoms. The van der Waals surface area contributed by atoms with Crippen molar-refractivity contribution in [3.05, 3.63) is 53.6 Å². The minimum absolute atomic E-state index is 0.0757. The first-order valence-electron chi connectivity index (χ1n) is 11.3. The normalized spacial score (nSPS) is 15.5. The van der Waals surface area contributed by atoms with Crippen molar-refractivity contribution in [2.75, 3.05) is 53.7 Å². The Balaban J connectivity index is 1.69. The SMILES string of the molecule is COc1ccc(C(=O)OC(COc2ccc(C(C)(C)C)cc2)CN2CCOCC2)cc1OC. The molecule has 1 heterocycles. The van der Waals surface area contributed by atoms with Gasteiger partial charge < -0.3 is 23.7 Å². The summed E-state index contributed by atoms with van der Waals surface area (Å²) in [4.78, 5) is 15.1. The maximum Gasteiger partial charge on any atom is 0.338 e. The van der Waals surface area contributed by atoms with Crippen LogP contribution >= 0.6 is 0 Å². The molecule has 1 fully saturated rings. The number of methoxy groups -OCH3 is 2. The molecule has 1 atom stereocenters. The van der Waals surface area contributed by atoms with E-state index in [2.05, 4.69) is 37.8 Å². The van der Waals surface area contributed by atoms with Gasteiger partial charge in [0.1, 0.15) is 18.5 Å². The molecule has 0 aliphatic carbocycles. The van der Waals surface area contributed by atoms with Crippen molar-refractivity contribution in [2.24, 2.45) is 0 Å². The van der Waals surface area contributed by atoms with Crippen molar-refractivity contribution in [3.63, 3.8) is 0 Å². The Morgan fingerprint density at radius 2 is 1.67 bits per heavy atom. The van der Waals surface area contributed by atoms with Gasteiger partial charge in [-0.15, -0.1) is 0 Å². The molecule has 0 saturated carbocycles. The fourth-order valence-electron chi connectivity index (χ4n) is 3.62. The first-order valence-corrected chi connectivity index (χ1v) is 11.3. The number of benzene rings is 2. The molecule has 0 N–H and O–H groups in total. The molecule has 1 saturated heterocycles. The topological polar surface area (TPSA) is 66.5 Å². The highest BCUT2D eigenvalue weighted by Crippen LogP contribution is 2.28. The third-order valence-electron chi connectivity index (χ3n) is 5.61. The molecule has 0 radical (unpaired) electrons. The van der Waals surface area contributed by atoms with Crippen LogP contribution in [-0.2, 0) is 14.9 Å². The smallest absolute Gasteiger partial charge is 0.338 e. The Labute approximate surface area is 196 Å². The molecule has 0 aromatic heterocycles. The lowest BCUT2D eigenvalue weighted by Crippen LogP contribution is -2.44. The second-order valence-corrected chi connectivity index (χ2v) is 9.10. The zero-order valence-corrected chi connectivity index (χ0v) is 20.3. The molecule has 3 rings (SSSR count). The summed E-state index contributed by atoms with van der Waals surface area (Å²) >= 11 is 0. The van der Waals surface area contributed by atoms with Crippen LogP contribution in [0.4, 0.5) is 0 Å². The Morgan fingerprint density at radius 3 is 2.27 bits per heavy atom. The number of hydrogen-bond donors (Lipinski definition) is 0. The number of hydrogen-bond acceptors (Lipinski definition) is 7. The van der Waals surface area contributed by atoms with E-state index in [4.69, 9.17) is 23.7 Å². The van der Waals surface area contributed by atoms with Gasteiger partial charge in [-0.1, -0.05) is 32.9 Å². The largest absolute Gasteiger partial charge is 0.493 e. The molecule has 33 heavy (non-hydrogen) atoms. The van der Waals surface area contributed by atoms with E-state index in [9.17, 15) is 4.79 Å². The first-order chi connectivity index (χ1) is 15.8. The third-order valence-corrected chi connectivity index (χ3v) is 5.61. The summed E-state index contributed by atoms with van der Waals surface area (Å²) < 4.78 is 27.9. The summed E-state index contributed by atoms with van der Waals surface area (Å²) in [6, 6.07) is 13.1. The van der Waals surface area contributed by atoms with Gasteiger partial charge in [-0.25, -0.2) is 4.79 Å². The zero-order valence-electron chi connectivity index (χ0n) is 20.3. The second-order valence-electron chi connectivity index (χ2n) is 9.10. The lowest BCUT2D eigenvalue weighted by Gasteiger charge is -2.30. The van der Waals surface area contributed by atoms with Crippen molar-refractivity contribution in [2.45, 2.75) is 32.3 Å². The number of carbonyl (C=O) groups is 1. The number of nitrogens with zero attached hydrogens (tertiary/aromatic N) is 1. The zero-order chi connectivity index (χ0) is 23.8. The Hall–Kier alpha value is -2.77. The molecule has 180 valence electrons. The van der Waals surface area contributed by atoms with E-state index < -0.39 is 12.1 Å². The highest BCUT2D eigenvalue weighted by atomic mass is 16.6. The number of ether oxygens (including phenoxy) is 5. The van der Waals surface area contributed by atoms with Gasteiger partial charge in [0.05, 0.1) is 33.0 Å². The molecule has 2 aromatic carbocycles. The quantitative estimate of drug-likeness (QED) is 0.529. The van der Waals surface area contributed by atoms with E-state index in [1.54, 1.807) is 25.3 Å². The van der Waals surface area contributed by atoms with Crippen LogP contribution in [0.2, 0.25) is 0 Å². The van der Waals surface area contributed by atoms with E-state index >= 15 is 0 Å². The minimum Gasteiger partial charge on any atom is -0.493 e. The lowest BCUT2D eigenvalue weighted by atomic mass is 9.87. The van der Waals surface area contributed by atoms with Crippen molar-refractivity contribution >= 4 is 5.97 Å². The fourth-order valence-corrected chi connectivity index (χ4v) is 3.62. The highest BCUT2D eigenvalue weighted by Gasteiger charge is 2.23. The maximum atomic E-state index is 12.9. The molecule has 1 aliphatic heterocycles. The van der Waals surface area contributed by atoms with E-state index in [-0.39, 0.29) is 12.0 Å². The Bertz CT molecular complexity index is 900.